The van der Waals surface area contributed by atoms with E-state index in [1.165, 1.54) is 0 Å². The summed E-state index contributed by atoms with van der Waals surface area (Å²) < 4.78 is 0. The fourth-order valence-electron chi connectivity index (χ4n) is 2.93. The highest BCUT2D eigenvalue weighted by molar-refractivity contribution is 6.35. The molecule has 0 aliphatic heterocycles. The van der Waals surface area contributed by atoms with Gasteiger partial charge in [-0.25, -0.2) is 0 Å². The van der Waals surface area contributed by atoms with Gasteiger partial charge in [0.15, 0.2) is 0 Å². The molecule has 0 aliphatic rings. The van der Waals surface area contributed by atoms with Crippen molar-refractivity contribution in [2.75, 3.05) is 6.54 Å². The van der Waals surface area contributed by atoms with E-state index >= 15 is 0 Å². The highest BCUT2D eigenvalue weighted by atomic mass is 35.5. The molecular formula is C21H23Cl3N2O2. The van der Waals surface area contributed by atoms with Gasteiger partial charge in [-0.15, -0.1) is 0 Å². The minimum absolute atomic E-state index is 0.0828. The van der Waals surface area contributed by atoms with Crippen LogP contribution in [0.1, 0.15) is 31.4 Å². The smallest absolute Gasteiger partial charge is 0.242 e. The Morgan fingerprint density at radius 1 is 1.00 bits per heavy atom. The van der Waals surface area contributed by atoms with Crippen molar-refractivity contribution in [2.45, 2.75) is 39.3 Å². The molecule has 2 aromatic carbocycles. The van der Waals surface area contributed by atoms with Crippen LogP contribution >= 0.6 is 34.8 Å². The monoisotopic (exact) mass is 440 g/mol. The Kier molecular flexibility index (Phi) is 8.61. The van der Waals surface area contributed by atoms with Gasteiger partial charge in [-0.05, 0) is 48.7 Å². The summed E-state index contributed by atoms with van der Waals surface area (Å²) in [6, 6.07) is 11.7. The van der Waals surface area contributed by atoms with Gasteiger partial charge in [-0.2, -0.15) is 0 Å². The van der Waals surface area contributed by atoms with E-state index in [4.69, 9.17) is 34.8 Å². The third-order valence-corrected chi connectivity index (χ3v) is 5.20. The average molecular weight is 442 g/mol. The van der Waals surface area contributed by atoms with Crippen molar-refractivity contribution in [3.05, 3.63) is 68.7 Å². The molecule has 0 fully saturated rings. The third kappa shape index (κ3) is 6.13. The zero-order valence-corrected chi connectivity index (χ0v) is 18.1. The highest BCUT2D eigenvalue weighted by Crippen LogP contribution is 2.23. The lowest BCUT2D eigenvalue weighted by atomic mass is 10.1. The second-order valence-electron chi connectivity index (χ2n) is 6.38. The number of hydrogen-bond acceptors (Lipinski definition) is 2. The molecule has 2 amide bonds. The molecule has 150 valence electrons. The van der Waals surface area contributed by atoms with Gasteiger partial charge < -0.3 is 10.2 Å². The van der Waals surface area contributed by atoms with Crippen molar-refractivity contribution in [1.29, 1.82) is 0 Å². The molecule has 0 radical (unpaired) electrons. The molecule has 4 nitrogen and oxygen atoms in total. The molecule has 0 heterocycles. The number of nitrogens with zero attached hydrogens (tertiary/aromatic N) is 1. The number of amides is 2. The van der Waals surface area contributed by atoms with E-state index in [1.807, 2.05) is 26.0 Å². The molecular weight excluding hydrogens is 419 g/mol. The maximum Gasteiger partial charge on any atom is 0.242 e. The number of likely N-dealkylation sites (N-methyl/N-ethyl adjacent to an activating group) is 1. The van der Waals surface area contributed by atoms with E-state index in [1.54, 1.807) is 35.2 Å². The quantitative estimate of drug-likeness (QED) is 0.617. The molecule has 2 rings (SSSR count). The predicted molar refractivity (Wildman–Crippen MR) is 115 cm³/mol. The Labute approximate surface area is 180 Å². The molecule has 1 N–H and O–H groups in total. The second kappa shape index (κ2) is 10.7. The van der Waals surface area contributed by atoms with Gasteiger partial charge in [0.2, 0.25) is 11.8 Å². The normalized spacial score (nSPS) is 11.8. The topological polar surface area (TPSA) is 49.4 Å². The number of nitrogens with one attached hydrogen (secondary N) is 1. The molecule has 0 bridgehead atoms. The second-order valence-corrected chi connectivity index (χ2v) is 7.66. The van der Waals surface area contributed by atoms with Gasteiger partial charge in [0.25, 0.3) is 0 Å². The van der Waals surface area contributed by atoms with Crippen molar-refractivity contribution in [1.82, 2.24) is 10.2 Å². The summed E-state index contributed by atoms with van der Waals surface area (Å²) in [4.78, 5) is 27.3. The predicted octanol–water partition coefficient (Wildman–Crippen LogP) is 5.13. The molecule has 0 unspecified atom stereocenters. The highest BCUT2D eigenvalue weighted by Gasteiger charge is 2.28. The summed E-state index contributed by atoms with van der Waals surface area (Å²) in [5, 5.41) is 4.36. The maximum absolute atomic E-state index is 13.2. The van der Waals surface area contributed by atoms with Crippen molar-refractivity contribution in [3.8, 4) is 0 Å². The van der Waals surface area contributed by atoms with E-state index in [9.17, 15) is 9.59 Å². The van der Waals surface area contributed by atoms with E-state index in [0.29, 0.717) is 40.1 Å². The molecule has 0 aromatic heterocycles. The van der Waals surface area contributed by atoms with Crippen LogP contribution in [-0.4, -0.2) is 29.3 Å². The van der Waals surface area contributed by atoms with Crippen LogP contribution in [0.25, 0.3) is 0 Å². The zero-order chi connectivity index (χ0) is 20.7. The van der Waals surface area contributed by atoms with Crippen LogP contribution in [0, 0.1) is 0 Å². The van der Waals surface area contributed by atoms with E-state index in [-0.39, 0.29) is 18.2 Å². The Bertz CT molecular complexity index is 825. The minimum Gasteiger partial charge on any atom is -0.355 e. The van der Waals surface area contributed by atoms with E-state index in [0.717, 1.165) is 5.56 Å². The van der Waals surface area contributed by atoms with Crippen LogP contribution in [0.2, 0.25) is 15.1 Å². The van der Waals surface area contributed by atoms with E-state index in [2.05, 4.69) is 5.32 Å². The van der Waals surface area contributed by atoms with Crippen molar-refractivity contribution < 1.29 is 9.59 Å². The number of carbonyl (C=O) groups excluding carboxylic acids is 2. The van der Waals surface area contributed by atoms with Crippen LogP contribution < -0.4 is 5.32 Å². The number of halogens is 3. The molecule has 0 spiro atoms. The van der Waals surface area contributed by atoms with Crippen molar-refractivity contribution >= 4 is 46.6 Å². The van der Waals surface area contributed by atoms with Gasteiger partial charge in [0.05, 0.1) is 6.42 Å². The fraction of sp³-hybridized carbons (Fsp3) is 0.333. The van der Waals surface area contributed by atoms with Gasteiger partial charge in [0.1, 0.15) is 6.04 Å². The van der Waals surface area contributed by atoms with Gasteiger partial charge >= 0.3 is 0 Å². The van der Waals surface area contributed by atoms with Crippen molar-refractivity contribution in [3.63, 3.8) is 0 Å². The number of hydrogen-bond donors (Lipinski definition) is 1. The zero-order valence-electron chi connectivity index (χ0n) is 15.8. The minimum atomic E-state index is -0.575. The Morgan fingerprint density at radius 2 is 1.64 bits per heavy atom. The van der Waals surface area contributed by atoms with Crippen LogP contribution in [-0.2, 0) is 22.6 Å². The number of rotatable bonds is 8. The first-order chi connectivity index (χ1) is 13.3. The first kappa shape index (κ1) is 22.5. The molecule has 0 saturated carbocycles. The standard InChI is InChI=1S/C21H23Cl3N2O2/c1-3-19(21(28)25-4-2)26(13-14-5-8-16(22)9-6-14)20(27)11-15-7-10-17(23)12-18(15)24/h5-10,12,19H,3-4,11,13H2,1-2H3,(H,25,28)/t19-/m1/s1. The summed E-state index contributed by atoms with van der Waals surface area (Å²) in [7, 11) is 0. The summed E-state index contributed by atoms with van der Waals surface area (Å²) >= 11 is 18.1. The molecule has 0 aliphatic carbocycles. The van der Waals surface area contributed by atoms with Crippen LogP contribution in [0.4, 0.5) is 0 Å². The third-order valence-electron chi connectivity index (χ3n) is 4.36. The SMILES string of the molecule is CCNC(=O)[C@@H](CC)N(Cc1ccc(Cl)cc1)C(=O)Cc1ccc(Cl)cc1Cl. The maximum atomic E-state index is 13.2. The lowest BCUT2D eigenvalue weighted by molar-refractivity contribution is -0.140. The average Bonchev–Trinajstić information content (AvgIpc) is 2.65. The molecule has 2 aromatic rings. The van der Waals surface area contributed by atoms with Gasteiger partial charge in [-0.1, -0.05) is 59.9 Å². The summed E-state index contributed by atoms with van der Waals surface area (Å²) in [6.07, 6.45) is 0.582. The lowest BCUT2D eigenvalue weighted by Crippen LogP contribution is -2.49. The molecule has 28 heavy (non-hydrogen) atoms. The van der Waals surface area contributed by atoms with Crippen molar-refractivity contribution in [2.24, 2.45) is 0 Å². The molecule has 1 atom stereocenters. The Morgan fingerprint density at radius 3 is 2.21 bits per heavy atom. The van der Waals surface area contributed by atoms with Gasteiger partial charge in [0, 0.05) is 28.2 Å². The summed E-state index contributed by atoms with van der Waals surface area (Å²) in [5.74, 6) is -0.355. The van der Waals surface area contributed by atoms with Crippen LogP contribution in [0.5, 0.6) is 0 Å². The first-order valence-electron chi connectivity index (χ1n) is 9.11. The molecule has 0 saturated heterocycles. The summed E-state index contributed by atoms with van der Waals surface area (Å²) in [6.45, 7) is 4.54. The van der Waals surface area contributed by atoms with Gasteiger partial charge in [-0.3, -0.25) is 9.59 Å². The van der Waals surface area contributed by atoms with Crippen LogP contribution in [0.3, 0.4) is 0 Å². The lowest BCUT2D eigenvalue weighted by Gasteiger charge is -2.30. The number of carbonyl (C=O) groups is 2. The summed E-state index contributed by atoms with van der Waals surface area (Å²) in [5.41, 5.74) is 1.56. The van der Waals surface area contributed by atoms with E-state index < -0.39 is 6.04 Å². The Balaban J connectivity index is 2.30. The first-order valence-corrected chi connectivity index (χ1v) is 10.2. The molecule has 7 heteroatoms. The van der Waals surface area contributed by atoms with Crippen LogP contribution in [0.15, 0.2) is 42.5 Å². The largest absolute Gasteiger partial charge is 0.355 e. The number of benzene rings is 2. The Hall–Kier alpha value is -1.75. The fourth-order valence-corrected chi connectivity index (χ4v) is 3.53.